The number of aromatic nitrogens is 3. The third kappa shape index (κ3) is 3.12. The Hall–Kier alpha value is -2.62. The van der Waals surface area contributed by atoms with E-state index in [0.29, 0.717) is 11.0 Å². The van der Waals surface area contributed by atoms with Crippen LogP contribution in [0.4, 0.5) is 23.7 Å². The third-order valence-electron chi connectivity index (χ3n) is 3.90. The number of nitrogens with zero attached hydrogens (tertiary/aromatic N) is 4. The maximum absolute atomic E-state index is 14.2. The molecule has 26 heavy (non-hydrogen) atoms. The van der Waals surface area contributed by atoms with E-state index < -0.39 is 30.9 Å². The van der Waals surface area contributed by atoms with Gasteiger partial charge in [0.05, 0.1) is 13.1 Å². The number of alkyl halides is 2. The lowest BCUT2D eigenvalue weighted by Crippen LogP contribution is -2.59. The van der Waals surface area contributed by atoms with Crippen molar-refractivity contribution >= 4 is 38.7 Å². The van der Waals surface area contributed by atoms with Crippen LogP contribution < -0.4 is 5.32 Å². The molecule has 0 unspecified atom stereocenters. The van der Waals surface area contributed by atoms with E-state index in [0.717, 1.165) is 9.37 Å². The first-order valence-electron chi connectivity index (χ1n) is 7.55. The van der Waals surface area contributed by atoms with Crippen LogP contribution in [0, 0.1) is 5.82 Å². The Bertz CT molecular complexity index is 1010. The molecule has 1 aromatic carbocycles. The van der Waals surface area contributed by atoms with Crippen LogP contribution >= 0.6 is 15.9 Å². The molecule has 3 aromatic rings. The molecule has 134 valence electrons. The molecule has 1 saturated heterocycles. The molecule has 0 atom stereocenters. The van der Waals surface area contributed by atoms with Crippen LogP contribution in [0.1, 0.15) is 0 Å². The van der Waals surface area contributed by atoms with Gasteiger partial charge in [0.25, 0.3) is 5.92 Å². The highest BCUT2D eigenvalue weighted by molar-refractivity contribution is 9.10. The topological polar surface area (TPSA) is 63.1 Å². The molecule has 0 bridgehead atoms. The van der Waals surface area contributed by atoms with Gasteiger partial charge in [0, 0.05) is 27.9 Å². The zero-order valence-electron chi connectivity index (χ0n) is 13.1. The number of halogens is 4. The normalized spacial score (nSPS) is 15.8. The fourth-order valence-corrected chi connectivity index (χ4v) is 2.99. The Morgan fingerprint density at radius 3 is 2.77 bits per heavy atom. The van der Waals surface area contributed by atoms with Crippen molar-refractivity contribution in [3.05, 3.63) is 46.9 Å². The van der Waals surface area contributed by atoms with Crippen LogP contribution in [0.15, 0.2) is 41.1 Å². The average Bonchev–Trinajstić information content (AvgIpc) is 2.97. The number of likely N-dealkylation sites (tertiary alicyclic amines) is 1. The number of fused-ring (bicyclic) bond motifs is 1. The number of urea groups is 1. The lowest BCUT2D eigenvalue weighted by molar-refractivity contribution is -0.107. The van der Waals surface area contributed by atoms with Gasteiger partial charge in [0.15, 0.2) is 5.65 Å². The second-order valence-corrected chi connectivity index (χ2v) is 6.86. The highest BCUT2D eigenvalue weighted by Gasteiger charge is 2.46. The number of carbonyl (C=O) groups is 1. The minimum absolute atomic E-state index is 0.103. The van der Waals surface area contributed by atoms with Gasteiger partial charge in [0.2, 0.25) is 0 Å². The molecule has 2 amide bonds. The summed E-state index contributed by atoms with van der Waals surface area (Å²) in [5.41, 5.74) is 0.811. The molecule has 1 aliphatic heterocycles. The first-order chi connectivity index (χ1) is 12.3. The summed E-state index contributed by atoms with van der Waals surface area (Å²) < 4.78 is 42.0. The second kappa shape index (κ2) is 5.97. The number of nitrogens with one attached hydrogen (secondary N) is 1. The Labute approximate surface area is 153 Å². The summed E-state index contributed by atoms with van der Waals surface area (Å²) in [6.07, 6.45) is 3.18. The molecule has 10 heteroatoms. The summed E-state index contributed by atoms with van der Waals surface area (Å²) in [5, 5.41) is 7.40. The fourth-order valence-electron chi connectivity index (χ4n) is 2.64. The summed E-state index contributed by atoms with van der Waals surface area (Å²) >= 11 is 3.31. The van der Waals surface area contributed by atoms with E-state index in [9.17, 15) is 18.0 Å². The van der Waals surface area contributed by atoms with Crippen LogP contribution in [-0.4, -0.2) is 44.7 Å². The van der Waals surface area contributed by atoms with Gasteiger partial charge in [-0.25, -0.2) is 27.6 Å². The standard InChI is InChI=1S/C16H11BrF3N5O/c17-10-3-9-6-25(23-14(9)21-5-10)13-4-11(1-2-12(13)18)22-15(26)24-7-16(19,20)8-24/h1-6H,7-8H2,(H,22,26). The van der Waals surface area contributed by atoms with E-state index in [1.807, 2.05) is 0 Å². The number of rotatable bonds is 2. The highest BCUT2D eigenvalue weighted by Crippen LogP contribution is 2.28. The number of amides is 2. The van der Waals surface area contributed by atoms with Gasteiger partial charge < -0.3 is 10.2 Å². The van der Waals surface area contributed by atoms with Gasteiger partial charge in [-0.15, -0.1) is 5.10 Å². The zero-order chi connectivity index (χ0) is 18.5. The quantitative estimate of drug-likeness (QED) is 0.678. The predicted molar refractivity (Wildman–Crippen MR) is 92.1 cm³/mol. The van der Waals surface area contributed by atoms with Gasteiger partial charge in [0.1, 0.15) is 11.5 Å². The maximum Gasteiger partial charge on any atom is 0.322 e. The second-order valence-electron chi connectivity index (χ2n) is 5.95. The first-order valence-corrected chi connectivity index (χ1v) is 8.35. The van der Waals surface area contributed by atoms with E-state index >= 15 is 0 Å². The Morgan fingerprint density at radius 1 is 1.27 bits per heavy atom. The number of hydrogen-bond acceptors (Lipinski definition) is 3. The van der Waals surface area contributed by atoms with Crippen molar-refractivity contribution in [2.24, 2.45) is 0 Å². The van der Waals surface area contributed by atoms with Crippen molar-refractivity contribution in [1.29, 1.82) is 0 Å². The third-order valence-corrected chi connectivity index (χ3v) is 4.34. The molecule has 0 radical (unpaired) electrons. The number of hydrogen-bond donors (Lipinski definition) is 1. The monoisotopic (exact) mass is 425 g/mol. The molecule has 1 aliphatic rings. The van der Waals surface area contributed by atoms with Crippen molar-refractivity contribution in [2.75, 3.05) is 18.4 Å². The largest absolute Gasteiger partial charge is 0.322 e. The van der Waals surface area contributed by atoms with Crippen LogP contribution in [0.25, 0.3) is 16.7 Å². The fraction of sp³-hybridized carbons (Fsp3) is 0.188. The summed E-state index contributed by atoms with van der Waals surface area (Å²) in [6, 6.07) is 5.04. The van der Waals surface area contributed by atoms with Crippen molar-refractivity contribution in [2.45, 2.75) is 5.92 Å². The number of benzene rings is 1. The molecule has 0 spiro atoms. The van der Waals surface area contributed by atoms with Gasteiger partial charge >= 0.3 is 6.03 Å². The molecular formula is C16H11BrF3N5O. The van der Waals surface area contributed by atoms with E-state index in [4.69, 9.17) is 0 Å². The van der Waals surface area contributed by atoms with Crippen molar-refractivity contribution in [1.82, 2.24) is 19.7 Å². The Morgan fingerprint density at radius 2 is 2.04 bits per heavy atom. The predicted octanol–water partition coefficient (Wildman–Crippen LogP) is 3.80. The molecule has 6 nitrogen and oxygen atoms in total. The first kappa shape index (κ1) is 16.8. The summed E-state index contributed by atoms with van der Waals surface area (Å²) in [5.74, 6) is -3.40. The van der Waals surface area contributed by atoms with E-state index in [1.54, 1.807) is 18.5 Å². The van der Waals surface area contributed by atoms with Crippen LogP contribution in [0.3, 0.4) is 0 Å². The van der Waals surface area contributed by atoms with Crippen molar-refractivity contribution in [3.8, 4) is 5.69 Å². The van der Waals surface area contributed by atoms with Crippen molar-refractivity contribution in [3.63, 3.8) is 0 Å². The van der Waals surface area contributed by atoms with Crippen molar-refractivity contribution < 1.29 is 18.0 Å². The molecule has 1 N–H and O–H groups in total. The SMILES string of the molecule is O=C(Nc1ccc(F)c(-n2cc3cc(Br)cnc3n2)c1)N1CC(F)(F)C1. The van der Waals surface area contributed by atoms with Gasteiger partial charge in [-0.3, -0.25) is 0 Å². The van der Waals surface area contributed by atoms with Gasteiger partial charge in [-0.1, -0.05) is 0 Å². The summed E-state index contributed by atoms with van der Waals surface area (Å²) in [4.78, 5) is 17.1. The van der Waals surface area contributed by atoms with E-state index in [2.05, 4.69) is 31.3 Å². The molecule has 3 heterocycles. The lowest BCUT2D eigenvalue weighted by atomic mass is 10.1. The highest BCUT2D eigenvalue weighted by atomic mass is 79.9. The zero-order valence-corrected chi connectivity index (χ0v) is 14.7. The number of pyridine rings is 1. The molecule has 1 fully saturated rings. The van der Waals surface area contributed by atoms with Gasteiger partial charge in [-0.2, -0.15) is 0 Å². The van der Waals surface area contributed by atoms with E-state index in [-0.39, 0.29) is 11.4 Å². The van der Waals surface area contributed by atoms with Crippen LogP contribution in [0.2, 0.25) is 0 Å². The Balaban J connectivity index is 1.60. The molecular weight excluding hydrogens is 415 g/mol. The number of carbonyl (C=O) groups excluding carboxylic acids is 1. The molecule has 4 rings (SSSR count). The summed E-state index contributed by atoms with van der Waals surface area (Å²) in [7, 11) is 0. The van der Waals surface area contributed by atoms with Crippen LogP contribution in [0.5, 0.6) is 0 Å². The molecule has 2 aromatic heterocycles. The Kier molecular flexibility index (Phi) is 3.87. The number of anilines is 1. The van der Waals surface area contributed by atoms with Crippen LogP contribution in [-0.2, 0) is 0 Å². The van der Waals surface area contributed by atoms with E-state index in [1.165, 1.54) is 22.9 Å². The molecule has 0 aliphatic carbocycles. The maximum atomic E-state index is 14.2. The molecule has 0 saturated carbocycles. The lowest BCUT2D eigenvalue weighted by Gasteiger charge is -2.38. The average molecular weight is 426 g/mol. The summed E-state index contributed by atoms with van der Waals surface area (Å²) in [6.45, 7) is -1.25. The van der Waals surface area contributed by atoms with Gasteiger partial charge in [-0.05, 0) is 40.2 Å². The minimum Gasteiger partial charge on any atom is -0.312 e. The smallest absolute Gasteiger partial charge is 0.312 e. The minimum atomic E-state index is -2.85.